The average Bonchev–Trinajstić information content (AvgIpc) is 3.01. The molecule has 3 nitrogen and oxygen atoms in total. The van der Waals surface area contributed by atoms with E-state index in [1.165, 1.54) is 12.5 Å². The Morgan fingerprint density at radius 3 is 3.00 bits per heavy atom. The molecule has 5 heteroatoms. The van der Waals surface area contributed by atoms with Gasteiger partial charge in [0.25, 0.3) is 0 Å². The van der Waals surface area contributed by atoms with Crippen molar-refractivity contribution in [2.75, 3.05) is 6.54 Å². The van der Waals surface area contributed by atoms with Crippen LogP contribution < -0.4 is 5.32 Å². The first-order chi connectivity index (χ1) is 8.74. The van der Waals surface area contributed by atoms with E-state index in [0.717, 1.165) is 30.0 Å². The molecule has 1 aliphatic heterocycles. The van der Waals surface area contributed by atoms with Gasteiger partial charge in [-0.15, -0.1) is 0 Å². The van der Waals surface area contributed by atoms with Gasteiger partial charge in [-0.3, -0.25) is 0 Å². The van der Waals surface area contributed by atoms with Crippen molar-refractivity contribution in [1.82, 2.24) is 15.3 Å². The third kappa shape index (κ3) is 2.13. The zero-order valence-corrected chi connectivity index (χ0v) is 10.5. The number of hydrogen-bond acceptors (Lipinski definition) is 2. The Kier molecular flexibility index (Phi) is 3.06. The molecule has 2 N–H and O–H groups in total. The van der Waals surface area contributed by atoms with E-state index >= 15 is 0 Å². The fraction of sp³-hybridized carbons (Fsp3) is 0.308. The lowest BCUT2D eigenvalue weighted by Gasteiger charge is -2.05. The molecule has 1 aliphatic rings. The minimum absolute atomic E-state index is 0.127. The van der Waals surface area contributed by atoms with Gasteiger partial charge in [0.05, 0.1) is 23.0 Å². The number of halogens is 2. The topological polar surface area (TPSA) is 40.7 Å². The van der Waals surface area contributed by atoms with Crippen molar-refractivity contribution in [2.24, 2.45) is 0 Å². The Morgan fingerprint density at radius 1 is 1.39 bits per heavy atom. The van der Waals surface area contributed by atoms with Crippen molar-refractivity contribution in [3.63, 3.8) is 0 Å². The molecule has 0 saturated carbocycles. The molecule has 0 radical (unpaired) electrons. The maximum absolute atomic E-state index is 13.1. The minimum atomic E-state index is -0.405. The van der Waals surface area contributed by atoms with Crippen LogP contribution in [0, 0.1) is 5.82 Å². The standard InChI is InChI=1S/C13H13ClFN3/c14-9-6-8(3-4-10(9)15)12-7-17-13(18-12)11-2-1-5-16-11/h3-4,6-7,11,16H,1-2,5H2,(H,17,18). The molecular weight excluding hydrogens is 253 g/mol. The molecule has 0 spiro atoms. The van der Waals surface area contributed by atoms with Crippen LogP contribution in [-0.2, 0) is 0 Å². The van der Waals surface area contributed by atoms with E-state index in [-0.39, 0.29) is 5.02 Å². The summed E-state index contributed by atoms with van der Waals surface area (Å²) < 4.78 is 13.1. The van der Waals surface area contributed by atoms with E-state index in [4.69, 9.17) is 11.6 Å². The molecule has 0 aliphatic carbocycles. The number of benzene rings is 1. The normalized spacial score (nSPS) is 19.3. The quantitative estimate of drug-likeness (QED) is 0.875. The zero-order chi connectivity index (χ0) is 12.5. The summed E-state index contributed by atoms with van der Waals surface area (Å²) in [7, 11) is 0. The Balaban J connectivity index is 1.89. The molecule has 2 aromatic rings. The van der Waals surface area contributed by atoms with Crippen LogP contribution in [0.3, 0.4) is 0 Å². The number of rotatable bonds is 2. The highest BCUT2D eigenvalue weighted by molar-refractivity contribution is 6.31. The van der Waals surface area contributed by atoms with Crippen LogP contribution in [0.15, 0.2) is 24.4 Å². The minimum Gasteiger partial charge on any atom is -0.341 e. The van der Waals surface area contributed by atoms with Crippen LogP contribution in [0.4, 0.5) is 4.39 Å². The summed E-state index contributed by atoms with van der Waals surface area (Å²) in [6.45, 7) is 1.03. The fourth-order valence-corrected chi connectivity index (χ4v) is 2.42. The van der Waals surface area contributed by atoms with Crippen LogP contribution in [0.5, 0.6) is 0 Å². The lowest BCUT2D eigenvalue weighted by atomic mass is 10.2. The number of H-pyrrole nitrogens is 1. The third-order valence-corrected chi connectivity index (χ3v) is 3.51. The number of hydrogen-bond donors (Lipinski definition) is 2. The molecule has 1 aromatic carbocycles. The van der Waals surface area contributed by atoms with Crippen molar-refractivity contribution in [1.29, 1.82) is 0 Å². The number of nitrogens with zero attached hydrogens (tertiary/aromatic N) is 1. The molecule has 2 heterocycles. The van der Waals surface area contributed by atoms with Gasteiger partial charge in [-0.2, -0.15) is 0 Å². The smallest absolute Gasteiger partial charge is 0.141 e. The molecule has 1 unspecified atom stereocenters. The highest BCUT2D eigenvalue weighted by Crippen LogP contribution is 2.26. The van der Waals surface area contributed by atoms with Gasteiger partial charge in [-0.05, 0) is 37.6 Å². The van der Waals surface area contributed by atoms with E-state index in [9.17, 15) is 4.39 Å². The molecule has 18 heavy (non-hydrogen) atoms. The van der Waals surface area contributed by atoms with Gasteiger partial charge in [0.15, 0.2) is 0 Å². The summed E-state index contributed by atoms with van der Waals surface area (Å²) in [5.41, 5.74) is 1.71. The summed E-state index contributed by atoms with van der Waals surface area (Å²) in [5.74, 6) is 0.528. The number of imidazole rings is 1. The first kappa shape index (κ1) is 11.7. The lowest BCUT2D eigenvalue weighted by Crippen LogP contribution is -2.14. The summed E-state index contributed by atoms with van der Waals surface area (Å²) in [5, 5.41) is 3.51. The van der Waals surface area contributed by atoms with Crippen molar-refractivity contribution in [3.05, 3.63) is 41.1 Å². The second kappa shape index (κ2) is 4.71. The number of aromatic nitrogens is 2. The Hall–Kier alpha value is -1.39. The third-order valence-electron chi connectivity index (χ3n) is 3.22. The maximum Gasteiger partial charge on any atom is 0.141 e. The highest BCUT2D eigenvalue weighted by atomic mass is 35.5. The summed E-state index contributed by atoms with van der Waals surface area (Å²) in [4.78, 5) is 7.64. The van der Waals surface area contributed by atoms with Gasteiger partial charge in [-0.25, -0.2) is 9.37 Å². The SMILES string of the molecule is Fc1ccc(-c2cnc(C3CCCN3)[nH]2)cc1Cl. The van der Waals surface area contributed by atoms with Gasteiger partial charge in [0.1, 0.15) is 11.6 Å². The molecule has 0 amide bonds. The van der Waals surface area contributed by atoms with Crippen LogP contribution >= 0.6 is 11.6 Å². The number of nitrogens with one attached hydrogen (secondary N) is 2. The molecule has 1 saturated heterocycles. The second-order valence-corrected chi connectivity index (χ2v) is 4.87. The fourth-order valence-electron chi connectivity index (χ4n) is 2.24. The highest BCUT2D eigenvalue weighted by Gasteiger charge is 2.19. The molecule has 3 rings (SSSR count). The average molecular weight is 266 g/mol. The van der Waals surface area contributed by atoms with Gasteiger partial charge in [-0.1, -0.05) is 11.6 Å². The van der Waals surface area contributed by atoms with E-state index in [0.29, 0.717) is 6.04 Å². The maximum atomic E-state index is 13.1. The summed E-state index contributed by atoms with van der Waals surface area (Å²) >= 11 is 5.78. The molecular formula is C13H13ClFN3. The van der Waals surface area contributed by atoms with Crippen LogP contribution in [-0.4, -0.2) is 16.5 Å². The predicted molar refractivity (Wildman–Crippen MR) is 69.0 cm³/mol. The van der Waals surface area contributed by atoms with Crippen LogP contribution in [0.1, 0.15) is 24.7 Å². The molecule has 0 bridgehead atoms. The van der Waals surface area contributed by atoms with Crippen LogP contribution in [0.25, 0.3) is 11.3 Å². The monoisotopic (exact) mass is 265 g/mol. The van der Waals surface area contributed by atoms with E-state index in [1.807, 2.05) is 0 Å². The van der Waals surface area contributed by atoms with E-state index in [1.54, 1.807) is 18.3 Å². The van der Waals surface area contributed by atoms with Crippen molar-refractivity contribution < 1.29 is 4.39 Å². The van der Waals surface area contributed by atoms with Crippen molar-refractivity contribution in [2.45, 2.75) is 18.9 Å². The van der Waals surface area contributed by atoms with Crippen molar-refractivity contribution >= 4 is 11.6 Å². The van der Waals surface area contributed by atoms with Gasteiger partial charge >= 0.3 is 0 Å². The Labute approximate surface area is 109 Å². The van der Waals surface area contributed by atoms with Gasteiger partial charge < -0.3 is 10.3 Å². The van der Waals surface area contributed by atoms with Gasteiger partial charge in [0.2, 0.25) is 0 Å². The molecule has 1 aromatic heterocycles. The Bertz CT molecular complexity index is 561. The van der Waals surface area contributed by atoms with E-state index < -0.39 is 5.82 Å². The second-order valence-electron chi connectivity index (χ2n) is 4.46. The first-order valence-electron chi connectivity index (χ1n) is 5.98. The zero-order valence-electron chi connectivity index (χ0n) is 9.71. The van der Waals surface area contributed by atoms with Crippen molar-refractivity contribution in [3.8, 4) is 11.3 Å². The first-order valence-corrected chi connectivity index (χ1v) is 6.35. The van der Waals surface area contributed by atoms with Gasteiger partial charge in [0, 0.05) is 5.56 Å². The van der Waals surface area contributed by atoms with E-state index in [2.05, 4.69) is 15.3 Å². The van der Waals surface area contributed by atoms with Crippen LogP contribution in [0.2, 0.25) is 5.02 Å². The largest absolute Gasteiger partial charge is 0.341 e. The number of aromatic amines is 1. The predicted octanol–water partition coefficient (Wildman–Crippen LogP) is 3.29. The lowest BCUT2D eigenvalue weighted by molar-refractivity contribution is 0.613. The summed E-state index contributed by atoms with van der Waals surface area (Å²) in [6, 6.07) is 4.97. The summed E-state index contributed by atoms with van der Waals surface area (Å²) in [6.07, 6.45) is 4.03. The molecule has 1 fully saturated rings. The molecule has 1 atom stereocenters. The molecule has 94 valence electrons. The Morgan fingerprint density at radius 2 is 2.28 bits per heavy atom.